The van der Waals surface area contributed by atoms with E-state index in [-0.39, 0.29) is 0 Å². The van der Waals surface area contributed by atoms with Gasteiger partial charge < -0.3 is 4.42 Å². The van der Waals surface area contributed by atoms with E-state index in [1.807, 2.05) is 6.92 Å². The lowest BCUT2D eigenvalue weighted by molar-refractivity contribution is 0.0287. The van der Waals surface area contributed by atoms with Gasteiger partial charge in [-0.2, -0.15) is 11.8 Å². The smallest absolute Gasteiger partial charge is 0.230 e. The number of rotatable bonds is 3. The highest BCUT2D eigenvalue weighted by Crippen LogP contribution is 2.20. The number of thioether (sulfide) groups is 1. The molecule has 2 saturated heterocycles. The molecule has 2 aliphatic rings. The first-order valence-corrected chi connectivity index (χ1v) is 7.30. The molecule has 0 unspecified atom stereocenters. The third kappa shape index (κ3) is 2.64. The van der Waals surface area contributed by atoms with Gasteiger partial charge in [0.2, 0.25) is 11.8 Å². The number of likely N-dealkylation sites (tertiary alicyclic amines) is 1. The quantitative estimate of drug-likeness (QED) is 0.787. The molecular formula is C11H18N4OS. The molecule has 5 nitrogen and oxygen atoms in total. The van der Waals surface area contributed by atoms with Gasteiger partial charge in [0.15, 0.2) is 0 Å². The molecule has 0 bridgehead atoms. The lowest BCUT2D eigenvalue weighted by Crippen LogP contribution is -2.60. The van der Waals surface area contributed by atoms with Crippen LogP contribution in [0.15, 0.2) is 4.42 Å². The van der Waals surface area contributed by atoms with E-state index < -0.39 is 0 Å². The van der Waals surface area contributed by atoms with Crippen molar-refractivity contribution in [2.75, 3.05) is 37.7 Å². The number of aromatic nitrogens is 2. The minimum absolute atomic E-state index is 0.658. The van der Waals surface area contributed by atoms with E-state index in [1.54, 1.807) is 0 Å². The van der Waals surface area contributed by atoms with Crippen LogP contribution in [-0.2, 0) is 6.54 Å². The largest absolute Gasteiger partial charge is 0.424 e. The molecule has 0 radical (unpaired) electrons. The Morgan fingerprint density at radius 3 is 2.71 bits per heavy atom. The fourth-order valence-corrected chi connectivity index (χ4v) is 3.37. The summed E-state index contributed by atoms with van der Waals surface area (Å²) < 4.78 is 5.39. The third-order valence-electron chi connectivity index (χ3n) is 3.43. The zero-order chi connectivity index (χ0) is 11.7. The van der Waals surface area contributed by atoms with Gasteiger partial charge >= 0.3 is 0 Å². The molecule has 3 rings (SSSR count). The van der Waals surface area contributed by atoms with Crippen LogP contribution >= 0.6 is 11.8 Å². The van der Waals surface area contributed by atoms with E-state index in [2.05, 4.69) is 31.8 Å². The van der Waals surface area contributed by atoms with Crippen molar-refractivity contribution in [3.8, 4) is 0 Å². The molecule has 94 valence electrons. The van der Waals surface area contributed by atoms with Gasteiger partial charge in [0.25, 0.3) is 0 Å². The van der Waals surface area contributed by atoms with Gasteiger partial charge in [-0.1, -0.05) is 0 Å². The van der Waals surface area contributed by atoms with Gasteiger partial charge in [0.1, 0.15) is 0 Å². The Labute approximate surface area is 106 Å². The molecule has 0 aliphatic carbocycles. The van der Waals surface area contributed by atoms with Gasteiger partial charge in [-0.05, 0) is 0 Å². The van der Waals surface area contributed by atoms with E-state index in [0.717, 1.165) is 31.6 Å². The van der Waals surface area contributed by atoms with Crippen LogP contribution in [0.5, 0.6) is 0 Å². The second kappa shape index (κ2) is 4.96. The number of hydrogen-bond donors (Lipinski definition) is 0. The Morgan fingerprint density at radius 1 is 1.29 bits per heavy atom. The zero-order valence-electron chi connectivity index (χ0n) is 10.1. The van der Waals surface area contributed by atoms with Gasteiger partial charge in [-0.15, -0.1) is 10.2 Å². The number of hydrogen-bond acceptors (Lipinski definition) is 6. The first-order valence-electron chi connectivity index (χ1n) is 6.14. The first kappa shape index (κ1) is 11.5. The van der Waals surface area contributed by atoms with Crippen LogP contribution in [0.25, 0.3) is 0 Å². The summed E-state index contributed by atoms with van der Waals surface area (Å²) in [6.07, 6.45) is 0. The summed E-state index contributed by atoms with van der Waals surface area (Å²) in [7, 11) is 0. The van der Waals surface area contributed by atoms with Crippen molar-refractivity contribution in [3.05, 3.63) is 11.8 Å². The highest BCUT2D eigenvalue weighted by molar-refractivity contribution is 7.99. The van der Waals surface area contributed by atoms with Crippen LogP contribution in [-0.4, -0.2) is 63.7 Å². The average molecular weight is 254 g/mol. The van der Waals surface area contributed by atoms with Crippen molar-refractivity contribution in [3.63, 3.8) is 0 Å². The Morgan fingerprint density at radius 2 is 2.06 bits per heavy atom. The van der Waals surface area contributed by atoms with E-state index in [4.69, 9.17) is 4.42 Å². The van der Waals surface area contributed by atoms with Gasteiger partial charge in [-0.3, -0.25) is 9.80 Å². The van der Waals surface area contributed by atoms with E-state index in [1.165, 1.54) is 24.6 Å². The van der Waals surface area contributed by atoms with Crippen LogP contribution in [0.4, 0.5) is 0 Å². The standard InChI is InChI=1S/C11H18N4OS/c1-9-12-13-11(16-9)8-14-6-10(7-14)15-2-4-17-5-3-15/h10H,2-8H2,1H3. The predicted molar refractivity (Wildman–Crippen MR) is 67.0 cm³/mol. The number of aryl methyl sites for hydroxylation is 1. The van der Waals surface area contributed by atoms with Crippen molar-refractivity contribution >= 4 is 11.8 Å². The highest BCUT2D eigenvalue weighted by Gasteiger charge is 2.32. The number of nitrogens with zero attached hydrogens (tertiary/aromatic N) is 4. The molecule has 0 amide bonds. The second-order valence-corrected chi connectivity index (χ2v) is 5.94. The van der Waals surface area contributed by atoms with Crippen LogP contribution < -0.4 is 0 Å². The average Bonchev–Trinajstić information content (AvgIpc) is 2.70. The van der Waals surface area contributed by atoms with Crippen molar-refractivity contribution in [2.45, 2.75) is 19.5 Å². The second-order valence-electron chi connectivity index (χ2n) is 4.71. The van der Waals surface area contributed by atoms with Gasteiger partial charge in [0.05, 0.1) is 6.54 Å². The van der Waals surface area contributed by atoms with Crippen molar-refractivity contribution in [1.29, 1.82) is 0 Å². The van der Waals surface area contributed by atoms with Crippen molar-refractivity contribution in [2.24, 2.45) is 0 Å². The van der Waals surface area contributed by atoms with Crippen molar-refractivity contribution < 1.29 is 4.42 Å². The van der Waals surface area contributed by atoms with Gasteiger partial charge in [-0.25, -0.2) is 0 Å². The molecule has 1 aromatic heterocycles. The Kier molecular flexibility index (Phi) is 3.35. The third-order valence-corrected chi connectivity index (χ3v) is 4.37. The first-order chi connectivity index (χ1) is 8.31. The molecule has 1 aromatic rings. The lowest BCUT2D eigenvalue weighted by Gasteiger charge is -2.46. The van der Waals surface area contributed by atoms with Crippen LogP contribution in [0.2, 0.25) is 0 Å². The van der Waals surface area contributed by atoms with Crippen LogP contribution in [0.3, 0.4) is 0 Å². The SMILES string of the molecule is Cc1nnc(CN2CC(N3CCSCC3)C2)o1. The molecule has 0 aromatic carbocycles. The van der Waals surface area contributed by atoms with E-state index >= 15 is 0 Å². The van der Waals surface area contributed by atoms with E-state index in [9.17, 15) is 0 Å². The summed E-state index contributed by atoms with van der Waals surface area (Å²) in [5.74, 6) is 3.99. The molecule has 17 heavy (non-hydrogen) atoms. The molecule has 2 fully saturated rings. The fraction of sp³-hybridized carbons (Fsp3) is 0.818. The van der Waals surface area contributed by atoms with Crippen molar-refractivity contribution in [1.82, 2.24) is 20.0 Å². The Hall–Kier alpha value is -0.590. The minimum Gasteiger partial charge on any atom is -0.424 e. The van der Waals surface area contributed by atoms with Gasteiger partial charge in [0, 0.05) is 50.7 Å². The molecule has 0 saturated carbocycles. The van der Waals surface area contributed by atoms with E-state index in [0.29, 0.717) is 5.89 Å². The van der Waals surface area contributed by atoms with Crippen LogP contribution in [0.1, 0.15) is 11.8 Å². The van der Waals surface area contributed by atoms with Crippen LogP contribution in [0, 0.1) is 6.92 Å². The summed E-state index contributed by atoms with van der Waals surface area (Å²) in [6.45, 7) is 7.44. The predicted octanol–water partition coefficient (Wildman–Crippen LogP) is 0.611. The molecule has 2 aliphatic heterocycles. The summed E-state index contributed by atoms with van der Waals surface area (Å²) in [4.78, 5) is 4.99. The maximum absolute atomic E-state index is 5.39. The maximum Gasteiger partial charge on any atom is 0.230 e. The summed E-state index contributed by atoms with van der Waals surface area (Å²) in [5, 5.41) is 7.88. The monoisotopic (exact) mass is 254 g/mol. The normalized spacial score (nSPS) is 23.8. The Balaban J connectivity index is 1.45. The summed E-state index contributed by atoms with van der Waals surface area (Å²) >= 11 is 2.07. The molecule has 6 heteroatoms. The molecule has 0 spiro atoms. The highest BCUT2D eigenvalue weighted by atomic mass is 32.2. The molecule has 0 N–H and O–H groups in total. The Bertz CT molecular complexity index is 371. The lowest BCUT2D eigenvalue weighted by atomic mass is 10.1. The maximum atomic E-state index is 5.39. The molecular weight excluding hydrogens is 236 g/mol. The topological polar surface area (TPSA) is 45.4 Å². The zero-order valence-corrected chi connectivity index (χ0v) is 10.9. The minimum atomic E-state index is 0.658. The summed E-state index contributed by atoms with van der Waals surface area (Å²) in [5.41, 5.74) is 0. The summed E-state index contributed by atoms with van der Waals surface area (Å²) in [6, 6.07) is 0.750. The molecule has 3 heterocycles. The molecule has 0 atom stereocenters. The fourth-order valence-electron chi connectivity index (χ4n) is 2.44.